The molecule has 2 unspecified atom stereocenters. The summed E-state index contributed by atoms with van der Waals surface area (Å²) in [5.41, 5.74) is 0. The van der Waals surface area contributed by atoms with Gasteiger partial charge in [0.15, 0.2) is 0 Å². The van der Waals surface area contributed by atoms with Crippen LogP contribution in [0.15, 0.2) is 0 Å². The predicted octanol–water partition coefficient (Wildman–Crippen LogP) is 1.84. The Morgan fingerprint density at radius 1 is 1.20 bits per heavy atom. The zero-order valence-corrected chi connectivity index (χ0v) is 13.1. The molecule has 116 valence electrons. The Hall–Kier alpha value is -0.460. The third-order valence-corrected chi connectivity index (χ3v) is 6.05. The van der Waals surface area contributed by atoms with E-state index >= 15 is 0 Å². The van der Waals surface area contributed by atoms with Crippen molar-refractivity contribution in [2.75, 3.05) is 13.1 Å². The molecule has 0 bridgehead atoms. The smallest absolute Gasteiger partial charge is 0.279 e. The van der Waals surface area contributed by atoms with Crippen LogP contribution in [0.4, 0.5) is 0 Å². The Kier molecular flexibility index (Phi) is 5.57. The van der Waals surface area contributed by atoms with Gasteiger partial charge < -0.3 is 0 Å². The molecule has 1 saturated carbocycles. The minimum Gasteiger partial charge on any atom is -0.299 e. The summed E-state index contributed by atoms with van der Waals surface area (Å²) in [6, 6.07) is -0.120. The highest BCUT2D eigenvalue weighted by atomic mass is 32.2. The number of carbonyl (C=O) groups excluding carboxylic acids is 1. The second-order valence-corrected chi connectivity index (χ2v) is 7.60. The third-order valence-electron chi connectivity index (χ3n) is 4.41. The molecule has 2 fully saturated rings. The van der Waals surface area contributed by atoms with Gasteiger partial charge in [-0.3, -0.25) is 4.79 Å². The van der Waals surface area contributed by atoms with Gasteiger partial charge in [-0.25, -0.2) is 4.72 Å². The summed E-state index contributed by atoms with van der Waals surface area (Å²) in [7, 11) is -3.44. The molecule has 1 N–H and O–H groups in total. The van der Waals surface area contributed by atoms with Crippen LogP contribution in [0.5, 0.6) is 0 Å². The topological polar surface area (TPSA) is 66.5 Å². The number of ketones is 1. The maximum Gasteiger partial charge on any atom is 0.279 e. The lowest BCUT2D eigenvalue weighted by atomic mass is 9.80. The van der Waals surface area contributed by atoms with Gasteiger partial charge in [0.25, 0.3) is 10.2 Å². The standard InChI is InChI=1S/C14H26N2O3S/c1-2-10-15-20(18,19)16-11-6-5-8-13(16)12-7-3-4-9-14(12)17/h12-13,15H,2-11H2,1H3. The number of hydrogen-bond donors (Lipinski definition) is 1. The SMILES string of the molecule is CCCNS(=O)(=O)N1CCCCC1C1CCCCC1=O. The summed E-state index contributed by atoms with van der Waals surface area (Å²) in [4.78, 5) is 12.1. The van der Waals surface area contributed by atoms with Crippen LogP contribution < -0.4 is 4.72 Å². The molecule has 0 amide bonds. The van der Waals surface area contributed by atoms with Crippen molar-refractivity contribution in [3.05, 3.63) is 0 Å². The molecule has 2 atom stereocenters. The zero-order chi connectivity index (χ0) is 14.6. The van der Waals surface area contributed by atoms with Gasteiger partial charge in [-0.1, -0.05) is 19.8 Å². The Bertz CT molecular complexity index is 436. The maximum atomic E-state index is 12.4. The van der Waals surface area contributed by atoms with Gasteiger partial charge in [-0.2, -0.15) is 12.7 Å². The van der Waals surface area contributed by atoms with E-state index in [-0.39, 0.29) is 17.7 Å². The molecule has 1 heterocycles. The van der Waals surface area contributed by atoms with Crippen LogP contribution in [0.1, 0.15) is 58.3 Å². The van der Waals surface area contributed by atoms with Crippen LogP contribution in [0.25, 0.3) is 0 Å². The first kappa shape index (κ1) is 15.9. The Balaban J connectivity index is 2.14. The van der Waals surface area contributed by atoms with E-state index < -0.39 is 10.2 Å². The lowest BCUT2D eigenvalue weighted by Gasteiger charge is -2.40. The average Bonchev–Trinajstić information content (AvgIpc) is 2.46. The Morgan fingerprint density at radius 3 is 2.65 bits per heavy atom. The van der Waals surface area contributed by atoms with Crippen molar-refractivity contribution in [1.29, 1.82) is 0 Å². The molecule has 0 spiro atoms. The number of carbonyl (C=O) groups is 1. The van der Waals surface area contributed by atoms with E-state index in [2.05, 4.69) is 4.72 Å². The zero-order valence-electron chi connectivity index (χ0n) is 12.3. The number of Topliss-reactive ketones (excluding diaryl/α,β-unsaturated/α-hetero) is 1. The van der Waals surface area contributed by atoms with Crippen molar-refractivity contribution >= 4 is 16.0 Å². The van der Waals surface area contributed by atoms with Crippen molar-refractivity contribution < 1.29 is 13.2 Å². The van der Waals surface area contributed by atoms with E-state index in [9.17, 15) is 13.2 Å². The van der Waals surface area contributed by atoms with Gasteiger partial charge in [0, 0.05) is 31.5 Å². The molecule has 1 aliphatic heterocycles. The molecule has 5 nitrogen and oxygen atoms in total. The molecule has 0 aromatic carbocycles. The minimum absolute atomic E-state index is 0.0812. The molecular formula is C14H26N2O3S. The third kappa shape index (κ3) is 3.59. The summed E-state index contributed by atoms with van der Waals surface area (Å²) >= 11 is 0. The van der Waals surface area contributed by atoms with Gasteiger partial charge >= 0.3 is 0 Å². The summed E-state index contributed by atoms with van der Waals surface area (Å²) in [6.45, 7) is 2.96. The summed E-state index contributed by atoms with van der Waals surface area (Å²) in [5.74, 6) is 0.182. The molecule has 1 aliphatic carbocycles. The summed E-state index contributed by atoms with van der Waals surface area (Å²) in [5, 5.41) is 0. The Morgan fingerprint density at radius 2 is 1.95 bits per heavy atom. The first-order valence-electron chi connectivity index (χ1n) is 7.85. The first-order valence-corrected chi connectivity index (χ1v) is 9.29. The van der Waals surface area contributed by atoms with Crippen molar-refractivity contribution in [3.8, 4) is 0 Å². The summed E-state index contributed by atoms with van der Waals surface area (Å²) < 4.78 is 29.0. The molecule has 0 radical (unpaired) electrons. The number of hydrogen-bond acceptors (Lipinski definition) is 3. The normalized spacial score (nSPS) is 29.6. The fraction of sp³-hybridized carbons (Fsp3) is 0.929. The number of piperidine rings is 1. The molecule has 2 aliphatic rings. The number of nitrogens with one attached hydrogen (secondary N) is 1. The van der Waals surface area contributed by atoms with Crippen LogP contribution in [0.3, 0.4) is 0 Å². The number of nitrogens with zero attached hydrogens (tertiary/aromatic N) is 1. The predicted molar refractivity (Wildman–Crippen MR) is 78.5 cm³/mol. The highest BCUT2D eigenvalue weighted by Gasteiger charge is 2.40. The van der Waals surface area contributed by atoms with Gasteiger partial charge in [0.05, 0.1) is 0 Å². The Labute approximate surface area is 122 Å². The van der Waals surface area contributed by atoms with Gasteiger partial charge in [0.1, 0.15) is 5.78 Å². The van der Waals surface area contributed by atoms with Crippen molar-refractivity contribution in [3.63, 3.8) is 0 Å². The van der Waals surface area contributed by atoms with Gasteiger partial charge in [-0.15, -0.1) is 0 Å². The second-order valence-electron chi connectivity index (χ2n) is 5.89. The van der Waals surface area contributed by atoms with E-state index in [1.807, 2.05) is 6.92 Å². The average molecular weight is 302 g/mol. The molecule has 20 heavy (non-hydrogen) atoms. The van der Waals surface area contributed by atoms with E-state index in [1.165, 1.54) is 0 Å². The molecule has 0 aromatic heterocycles. The van der Waals surface area contributed by atoms with Crippen LogP contribution in [0, 0.1) is 5.92 Å². The monoisotopic (exact) mass is 302 g/mol. The van der Waals surface area contributed by atoms with Gasteiger partial charge in [0.2, 0.25) is 0 Å². The first-order chi connectivity index (χ1) is 9.56. The maximum absolute atomic E-state index is 12.4. The van der Waals surface area contributed by atoms with E-state index in [0.29, 0.717) is 19.5 Å². The van der Waals surface area contributed by atoms with Crippen LogP contribution in [-0.2, 0) is 15.0 Å². The highest BCUT2D eigenvalue weighted by Crippen LogP contribution is 2.32. The fourth-order valence-corrected chi connectivity index (χ4v) is 4.97. The molecule has 0 aromatic rings. The molecule has 6 heteroatoms. The van der Waals surface area contributed by atoms with Crippen LogP contribution in [0.2, 0.25) is 0 Å². The lowest BCUT2D eigenvalue weighted by Crippen LogP contribution is -2.53. The lowest BCUT2D eigenvalue weighted by molar-refractivity contribution is -0.126. The van der Waals surface area contributed by atoms with Crippen molar-refractivity contribution in [1.82, 2.24) is 9.03 Å². The van der Waals surface area contributed by atoms with Crippen molar-refractivity contribution in [2.45, 2.75) is 64.3 Å². The molecule has 2 rings (SSSR count). The number of rotatable bonds is 5. The minimum atomic E-state index is -3.44. The largest absolute Gasteiger partial charge is 0.299 e. The van der Waals surface area contributed by atoms with Gasteiger partial charge in [-0.05, 0) is 32.1 Å². The molecule has 1 saturated heterocycles. The highest BCUT2D eigenvalue weighted by molar-refractivity contribution is 7.87. The van der Waals surface area contributed by atoms with E-state index in [0.717, 1.165) is 44.9 Å². The van der Waals surface area contributed by atoms with Crippen LogP contribution in [-0.4, -0.2) is 37.6 Å². The van der Waals surface area contributed by atoms with E-state index in [4.69, 9.17) is 0 Å². The van der Waals surface area contributed by atoms with Crippen molar-refractivity contribution in [2.24, 2.45) is 5.92 Å². The quantitative estimate of drug-likeness (QED) is 0.842. The molecular weight excluding hydrogens is 276 g/mol. The van der Waals surface area contributed by atoms with Crippen LogP contribution >= 0.6 is 0 Å². The second kappa shape index (κ2) is 7.00. The fourth-order valence-electron chi connectivity index (χ4n) is 3.36. The summed E-state index contributed by atoms with van der Waals surface area (Å²) in [6.07, 6.45) is 7.00. The van der Waals surface area contributed by atoms with E-state index in [1.54, 1.807) is 4.31 Å².